The molecule has 0 saturated heterocycles. The molecule has 0 atom stereocenters. The summed E-state index contributed by atoms with van der Waals surface area (Å²) in [4.78, 5) is 27.1. The number of carbonyl (C=O) groups is 1. The average Bonchev–Trinajstić information content (AvgIpc) is 2.96. The van der Waals surface area contributed by atoms with Crippen molar-refractivity contribution in [2.24, 2.45) is 0 Å². The maximum absolute atomic E-state index is 12.4. The molecule has 1 amide bonds. The number of hydrogen-bond donors (Lipinski definition) is 1. The summed E-state index contributed by atoms with van der Waals surface area (Å²) in [7, 11) is 0. The van der Waals surface area contributed by atoms with Gasteiger partial charge < -0.3 is 4.74 Å². The minimum atomic E-state index is -0.463. The number of amides is 1. The molecule has 1 heterocycles. The Hall–Kier alpha value is -3.00. The van der Waals surface area contributed by atoms with E-state index in [4.69, 9.17) is 4.74 Å². The Morgan fingerprint density at radius 3 is 2.88 bits per heavy atom. The van der Waals surface area contributed by atoms with Crippen LogP contribution in [0.3, 0.4) is 0 Å². The molecule has 0 bridgehead atoms. The number of nitrogens with one attached hydrogen (secondary N) is 1. The summed E-state index contributed by atoms with van der Waals surface area (Å²) in [5.74, 6) is 0.154. The van der Waals surface area contributed by atoms with Crippen LogP contribution in [-0.4, -0.2) is 22.4 Å². The predicted octanol–water partition coefficient (Wildman–Crippen LogP) is 3.86. The summed E-state index contributed by atoms with van der Waals surface area (Å²) in [5.41, 5.74) is 0.995. The zero-order chi connectivity index (χ0) is 17.1. The van der Waals surface area contributed by atoms with Gasteiger partial charge in [0.25, 0.3) is 11.6 Å². The van der Waals surface area contributed by atoms with Crippen molar-refractivity contribution >= 4 is 38.3 Å². The van der Waals surface area contributed by atoms with Crippen LogP contribution in [0.1, 0.15) is 17.3 Å². The molecule has 0 aliphatic carbocycles. The first-order valence-corrected chi connectivity index (χ1v) is 7.98. The van der Waals surface area contributed by atoms with Gasteiger partial charge in [0.2, 0.25) is 0 Å². The van der Waals surface area contributed by atoms with Crippen LogP contribution < -0.4 is 10.1 Å². The van der Waals surface area contributed by atoms with Crippen molar-refractivity contribution in [1.82, 2.24) is 4.98 Å². The zero-order valence-electron chi connectivity index (χ0n) is 12.7. The van der Waals surface area contributed by atoms with Crippen LogP contribution in [0.15, 0.2) is 42.5 Å². The lowest BCUT2D eigenvalue weighted by Gasteiger charge is -2.08. The fourth-order valence-corrected chi connectivity index (χ4v) is 3.07. The number of nitro groups is 1. The second-order valence-electron chi connectivity index (χ2n) is 4.81. The molecule has 0 aliphatic rings. The summed E-state index contributed by atoms with van der Waals surface area (Å²) >= 11 is 1.18. The number of anilines is 1. The number of aromatic nitrogens is 1. The highest BCUT2D eigenvalue weighted by Crippen LogP contribution is 2.30. The van der Waals surface area contributed by atoms with Crippen molar-refractivity contribution in [3.8, 4) is 5.75 Å². The van der Waals surface area contributed by atoms with Crippen LogP contribution in [0.5, 0.6) is 5.75 Å². The first-order valence-electron chi connectivity index (χ1n) is 7.16. The van der Waals surface area contributed by atoms with Crippen LogP contribution in [0, 0.1) is 10.1 Å². The van der Waals surface area contributed by atoms with Gasteiger partial charge in [0.05, 0.1) is 27.3 Å². The quantitative estimate of drug-likeness (QED) is 0.561. The standard InChI is InChI=1S/C16H13N3O4S/c1-2-23-13-6-4-3-5-11(13)15(20)18-16-17-12-8-7-10(19(21)22)9-14(12)24-16/h3-9H,2H2,1H3,(H,17,18,20). The number of nitrogens with zero attached hydrogens (tertiary/aromatic N) is 2. The Morgan fingerprint density at radius 1 is 1.33 bits per heavy atom. The lowest BCUT2D eigenvalue weighted by Crippen LogP contribution is -2.13. The number of benzene rings is 2. The van der Waals surface area contributed by atoms with E-state index in [9.17, 15) is 14.9 Å². The number of nitro benzene ring substituents is 1. The van der Waals surface area contributed by atoms with Crippen molar-refractivity contribution in [2.45, 2.75) is 6.92 Å². The number of non-ortho nitro benzene ring substituents is 1. The van der Waals surface area contributed by atoms with E-state index in [0.717, 1.165) is 0 Å². The fraction of sp³-hybridized carbons (Fsp3) is 0.125. The molecule has 122 valence electrons. The molecule has 2 aromatic carbocycles. The van der Waals surface area contributed by atoms with Gasteiger partial charge in [-0.2, -0.15) is 0 Å². The normalized spacial score (nSPS) is 10.5. The van der Waals surface area contributed by atoms with E-state index in [-0.39, 0.29) is 11.6 Å². The molecule has 3 rings (SSSR count). The monoisotopic (exact) mass is 343 g/mol. The summed E-state index contributed by atoms with van der Waals surface area (Å²) < 4.78 is 6.08. The van der Waals surface area contributed by atoms with Crippen LogP contribution in [0.2, 0.25) is 0 Å². The van der Waals surface area contributed by atoms with E-state index in [1.54, 1.807) is 30.3 Å². The Labute approximate surface area is 141 Å². The van der Waals surface area contributed by atoms with Crippen LogP contribution >= 0.6 is 11.3 Å². The number of hydrogen-bond acceptors (Lipinski definition) is 6. The molecule has 7 nitrogen and oxygen atoms in total. The van der Waals surface area contributed by atoms with Crippen molar-refractivity contribution in [3.05, 3.63) is 58.1 Å². The van der Waals surface area contributed by atoms with Gasteiger partial charge in [-0.15, -0.1) is 0 Å². The van der Waals surface area contributed by atoms with Crippen molar-refractivity contribution in [2.75, 3.05) is 11.9 Å². The lowest BCUT2D eigenvalue weighted by molar-refractivity contribution is -0.384. The minimum Gasteiger partial charge on any atom is -0.493 e. The van der Waals surface area contributed by atoms with Crippen LogP contribution in [-0.2, 0) is 0 Å². The molecule has 3 aromatic rings. The molecule has 0 aliphatic heterocycles. The van der Waals surface area contributed by atoms with Gasteiger partial charge >= 0.3 is 0 Å². The van der Waals surface area contributed by atoms with Crippen LogP contribution in [0.25, 0.3) is 10.2 Å². The van der Waals surface area contributed by atoms with Gasteiger partial charge in [-0.05, 0) is 25.1 Å². The fourth-order valence-electron chi connectivity index (χ4n) is 2.18. The molecule has 0 unspecified atom stereocenters. The third-order valence-electron chi connectivity index (χ3n) is 3.23. The SMILES string of the molecule is CCOc1ccccc1C(=O)Nc1nc2ccc([N+](=O)[O-])cc2s1. The number of carbonyl (C=O) groups excluding carboxylic acids is 1. The topological polar surface area (TPSA) is 94.4 Å². The van der Waals surface area contributed by atoms with E-state index < -0.39 is 4.92 Å². The van der Waals surface area contributed by atoms with E-state index >= 15 is 0 Å². The van der Waals surface area contributed by atoms with E-state index in [1.165, 1.54) is 23.5 Å². The lowest BCUT2D eigenvalue weighted by atomic mass is 10.2. The Bertz CT molecular complexity index is 923. The first-order chi connectivity index (χ1) is 11.6. The Kier molecular flexibility index (Phi) is 4.39. The van der Waals surface area contributed by atoms with Gasteiger partial charge in [0, 0.05) is 12.1 Å². The maximum Gasteiger partial charge on any atom is 0.270 e. The molecule has 24 heavy (non-hydrogen) atoms. The highest BCUT2D eigenvalue weighted by molar-refractivity contribution is 7.22. The number of rotatable bonds is 5. The molecule has 0 radical (unpaired) electrons. The summed E-state index contributed by atoms with van der Waals surface area (Å²) in [5, 5.41) is 13.9. The zero-order valence-corrected chi connectivity index (χ0v) is 13.5. The van der Waals surface area contributed by atoms with E-state index in [1.807, 2.05) is 6.92 Å². The molecular weight excluding hydrogens is 330 g/mol. The smallest absolute Gasteiger partial charge is 0.270 e. The van der Waals surface area contributed by atoms with Gasteiger partial charge in [0.15, 0.2) is 5.13 Å². The summed E-state index contributed by atoms with van der Waals surface area (Å²) in [6.45, 7) is 2.30. The predicted molar refractivity (Wildman–Crippen MR) is 91.8 cm³/mol. The molecule has 0 spiro atoms. The van der Waals surface area contributed by atoms with Crippen molar-refractivity contribution < 1.29 is 14.5 Å². The van der Waals surface area contributed by atoms with Gasteiger partial charge in [-0.3, -0.25) is 20.2 Å². The molecule has 1 aromatic heterocycles. The average molecular weight is 343 g/mol. The second kappa shape index (κ2) is 6.63. The molecular formula is C16H13N3O4S. The van der Waals surface area contributed by atoms with Crippen LogP contribution in [0.4, 0.5) is 10.8 Å². The Morgan fingerprint density at radius 2 is 2.12 bits per heavy atom. The number of thiazole rings is 1. The second-order valence-corrected chi connectivity index (χ2v) is 5.84. The minimum absolute atomic E-state index is 0.00859. The molecule has 0 fully saturated rings. The van der Waals surface area contributed by atoms with Gasteiger partial charge in [0.1, 0.15) is 5.75 Å². The number of para-hydroxylation sites is 1. The first kappa shape index (κ1) is 15.9. The van der Waals surface area contributed by atoms with Crippen molar-refractivity contribution in [1.29, 1.82) is 0 Å². The molecule has 8 heteroatoms. The number of fused-ring (bicyclic) bond motifs is 1. The maximum atomic E-state index is 12.4. The highest BCUT2D eigenvalue weighted by atomic mass is 32.1. The third kappa shape index (κ3) is 3.18. The molecule has 1 N–H and O–H groups in total. The Balaban J connectivity index is 1.87. The van der Waals surface area contributed by atoms with Crippen molar-refractivity contribution in [3.63, 3.8) is 0 Å². The highest BCUT2D eigenvalue weighted by Gasteiger charge is 2.15. The molecule has 0 saturated carbocycles. The van der Waals surface area contributed by atoms with E-state index in [0.29, 0.717) is 33.3 Å². The van der Waals surface area contributed by atoms with Gasteiger partial charge in [-0.1, -0.05) is 23.5 Å². The van der Waals surface area contributed by atoms with Gasteiger partial charge in [-0.25, -0.2) is 4.98 Å². The number of ether oxygens (including phenoxy) is 1. The summed E-state index contributed by atoms with van der Waals surface area (Å²) in [6.07, 6.45) is 0. The third-order valence-corrected chi connectivity index (χ3v) is 4.17. The summed E-state index contributed by atoms with van der Waals surface area (Å²) in [6, 6.07) is 11.3. The van der Waals surface area contributed by atoms with E-state index in [2.05, 4.69) is 10.3 Å². The largest absolute Gasteiger partial charge is 0.493 e.